The van der Waals surface area contributed by atoms with Gasteiger partial charge in [-0.2, -0.15) is 0 Å². The van der Waals surface area contributed by atoms with E-state index in [9.17, 15) is 9.59 Å². The van der Waals surface area contributed by atoms with Crippen molar-refractivity contribution >= 4 is 23.6 Å². The van der Waals surface area contributed by atoms with Gasteiger partial charge in [-0.05, 0) is 0 Å². The van der Waals surface area contributed by atoms with E-state index in [-0.39, 0.29) is 11.3 Å². The SMILES string of the molecule is COC(=O)C1C(OC)=CSC1NC(C)=O. The van der Waals surface area contributed by atoms with Crippen LogP contribution in [0.15, 0.2) is 11.2 Å². The Morgan fingerprint density at radius 3 is 2.60 bits per heavy atom. The van der Waals surface area contributed by atoms with Crippen LogP contribution < -0.4 is 5.32 Å². The molecule has 84 valence electrons. The highest BCUT2D eigenvalue weighted by Gasteiger charge is 2.38. The summed E-state index contributed by atoms with van der Waals surface area (Å²) in [6.45, 7) is 1.40. The molecule has 2 unspecified atom stereocenters. The number of thioether (sulfide) groups is 1. The molecule has 0 saturated carbocycles. The summed E-state index contributed by atoms with van der Waals surface area (Å²) >= 11 is 1.34. The molecule has 0 aromatic rings. The Labute approximate surface area is 92.2 Å². The minimum atomic E-state index is -0.561. The topological polar surface area (TPSA) is 64.6 Å². The van der Waals surface area contributed by atoms with Crippen LogP contribution >= 0.6 is 11.8 Å². The van der Waals surface area contributed by atoms with Crippen molar-refractivity contribution < 1.29 is 19.1 Å². The Balaban J connectivity index is 2.76. The molecule has 5 nitrogen and oxygen atoms in total. The van der Waals surface area contributed by atoms with Gasteiger partial charge in [-0.1, -0.05) is 0 Å². The number of carbonyl (C=O) groups excluding carboxylic acids is 2. The van der Waals surface area contributed by atoms with Crippen LogP contribution in [0.3, 0.4) is 0 Å². The van der Waals surface area contributed by atoms with Gasteiger partial charge in [0.1, 0.15) is 11.7 Å². The van der Waals surface area contributed by atoms with E-state index in [2.05, 4.69) is 10.1 Å². The smallest absolute Gasteiger partial charge is 0.319 e. The largest absolute Gasteiger partial charge is 0.500 e. The maximum Gasteiger partial charge on any atom is 0.319 e. The summed E-state index contributed by atoms with van der Waals surface area (Å²) in [6.07, 6.45) is 0. The van der Waals surface area contributed by atoms with Crippen molar-refractivity contribution in [2.75, 3.05) is 14.2 Å². The fraction of sp³-hybridized carbons (Fsp3) is 0.556. The standard InChI is InChI=1S/C9H13NO4S/c1-5(11)10-8-7(9(12)14-3)6(13-2)4-15-8/h4,7-8H,1-3H3,(H,10,11). The number of hydrogen-bond acceptors (Lipinski definition) is 5. The Hall–Kier alpha value is -1.17. The number of nitrogens with one attached hydrogen (secondary N) is 1. The van der Waals surface area contributed by atoms with Gasteiger partial charge >= 0.3 is 5.97 Å². The van der Waals surface area contributed by atoms with Crippen molar-refractivity contribution in [2.24, 2.45) is 5.92 Å². The zero-order chi connectivity index (χ0) is 11.4. The Morgan fingerprint density at radius 2 is 2.13 bits per heavy atom. The molecule has 0 bridgehead atoms. The fourth-order valence-electron chi connectivity index (χ4n) is 1.30. The number of carbonyl (C=O) groups is 2. The molecular weight excluding hydrogens is 218 g/mol. The zero-order valence-electron chi connectivity index (χ0n) is 8.77. The van der Waals surface area contributed by atoms with E-state index in [4.69, 9.17) is 4.74 Å². The van der Waals surface area contributed by atoms with Crippen molar-refractivity contribution in [3.8, 4) is 0 Å². The molecule has 0 aliphatic carbocycles. The van der Waals surface area contributed by atoms with Crippen LogP contribution in [0.4, 0.5) is 0 Å². The molecule has 1 rings (SSSR count). The minimum absolute atomic E-state index is 0.188. The van der Waals surface area contributed by atoms with Gasteiger partial charge in [-0.3, -0.25) is 9.59 Å². The van der Waals surface area contributed by atoms with Crippen molar-refractivity contribution in [3.63, 3.8) is 0 Å². The van der Waals surface area contributed by atoms with Crippen molar-refractivity contribution in [1.29, 1.82) is 0 Å². The zero-order valence-corrected chi connectivity index (χ0v) is 9.59. The molecule has 0 aromatic heterocycles. The van der Waals surface area contributed by atoms with Gasteiger partial charge in [0.15, 0.2) is 0 Å². The second kappa shape index (κ2) is 5.06. The monoisotopic (exact) mass is 231 g/mol. The van der Waals surface area contributed by atoms with Gasteiger partial charge in [-0.25, -0.2) is 0 Å². The lowest BCUT2D eigenvalue weighted by Gasteiger charge is -2.19. The summed E-state index contributed by atoms with van der Waals surface area (Å²) in [6, 6.07) is 0. The number of rotatable bonds is 3. The van der Waals surface area contributed by atoms with Gasteiger partial charge in [0, 0.05) is 12.3 Å². The molecule has 0 fully saturated rings. The molecule has 0 radical (unpaired) electrons. The molecule has 0 spiro atoms. The van der Waals surface area contributed by atoms with Gasteiger partial charge < -0.3 is 14.8 Å². The van der Waals surface area contributed by atoms with Crippen LogP contribution in [-0.4, -0.2) is 31.5 Å². The molecule has 2 atom stereocenters. The number of methoxy groups -OCH3 is 2. The summed E-state index contributed by atoms with van der Waals surface area (Å²) in [7, 11) is 2.79. The van der Waals surface area contributed by atoms with E-state index >= 15 is 0 Å². The Bertz CT molecular complexity index is 302. The first-order valence-electron chi connectivity index (χ1n) is 4.34. The summed E-state index contributed by atoms with van der Waals surface area (Å²) < 4.78 is 9.70. The third-order valence-corrected chi connectivity index (χ3v) is 3.03. The average molecular weight is 231 g/mol. The summed E-state index contributed by atoms with van der Waals surface area (Å²) in [5, 5.41) is 4.03. The van der Waals surface area contributed by atoms with E-state index in [0.29, 0.717) is 5.76 Å². The van der Waals surface area contributed by atoms with E-state index in [1.807, 2.05) is 0 Å². The van der Waals surface area contributed by atoms with Crippen molar-refractivity contribution in [1.82, 2.24) is 5.32 Å². The predicted molar refractivity (Wildman–Crippen MR) is 55.8 cm³/mol. The molecule has 1 aliphatic rings. The molecule has 15 heavy (non-hydrogen) atoms. The molecule has 0 aromatic carbocycles. The third kappa shape index (κ3) is 2.65. The number of ether oxygens (including phenoxy) is 2. The molecule has 1 amide bonds. The van der Waals surface area contributed by atoms with Crippen LogP contribution in [0.1, 0.15) is 6.92 Å². The molecular formula is C9H13NO4S. The highest BCUT2D eigenvalue weighted by atomic mass is 32.2. The second-order valence-electron chi connectivity index (χ2n) is 2.98. The van der Waals surface area contributed by atoms with Gasteiger partial charge in [0.2, 0.25) is 5.91 Å². The van der Waals surface area contributed by atoms with E-state index in [0.717, 1.165) is 0 Å². The molecule has 1 aliphatic heterocycles. The first-order valence-corrected chi connectivity index (χ1v) is 5.29. The first kappa shape index (κ1) is 11.9. The summed E-state index contributed by atoms with van der Waals surface area (Å²) in [5.41, 5.74) is 0. The summed E-state index contributed by atoms with van der Waals surface area (Å²) in [4.78, 5) is 22.4. The van der Waals surface area contributed by atoms with Crippen molar-refractivity contribution in [2.45, 2.75) is 12.3 Å². The van der Waals surface area contributed by atoms with Crippen LogP contribution in [0.5, 0.6) is 0 Å². The van der Waals surface area contributed by atoms with Crippen LogP contribution in [0, 0.1) is 5.92 Å². The average Bonchev–Trinajstić information content (AvgIpc) is 2.58. The maximum absolute atomic E-state index is 11.5. The van der Waals surface area contributed by atoms with Crippen molar-refractivity contribution in [3.05, 3.63) is 11.2 Å². The highest BCUT2D eigenvalue weighted by molar-refractivity contribution is 8.03. The van der Waals surface area contributed by atoms with Crippen LogP contribution in [-0.2, 0) is 19.1 Å². The lowest BCUT2D eigenvalue weighted by atomic mass is 10.1. The first-order chi connectivity index (χ1) is 7.10. The quantitative estimate of drug-likeness (QED) is 0.715. The predicted octanol–water partition coefficient (Wildman–Crippen LogP) is 0.472. The van der Waals surface area contributed by atoms with E-state index in [1.165, 1.54) is 32.9 Å². The molecule has 1 heterocycles. The van der Waals surface area contributed by atoms with E-state index < -0.39 is 11.9 Å². The second-order valence-corrected chi connectivity index (χ2v) is 4.00. The highest BCUT2D eigenvalue weighted by Crippen LogP contribution is 2.35. The summed E-state index contributed by atoms with van der Waals surface area (Å²) in [5.74, 6) is -0.640. The van der Waals surface area contributed by atoms with Gasteiger partial charge in [0.05, 0.1) is 19.6 Å². The normalized spacial score (nSPS) is 24.3. The van der Waals surface area contributed by atoms with Gasteiger partial charge in [0.25, 0.3) is 0 Å². The molecule has 0 saturated heterocycles. The van der Waals surface area contributed by atoms with Crippen LogP contribution in [0.2, 0.25) is 0 Å². The lowest BCUT2D eigenvalue weighted by molar-refractivity contribution is -0.145. The third-order valence-electron chi connectivity index (χ3n) is 1.98. The number of esters is 1. The maximum atomic E-state index is 11.5. The van der Waals surface area contributed by atoms with Crippen LogP contribution in [0.25, 0.3) is 0 Å². The molecule has 1 N–H and O–H groups in total. The lowest BCUT2D eigenvalue weighted by Crippen LogP contribution is -2.39. The Morgan fingerprint density at radius 1 is 1.47 bits per heavy atom. The number of amides is 1. The Kier molecular flexibility index (Phi) is 4.02. The van der Waals surface area contributed by atoms with E-state index in [1.54, 1.807) is 5.41 Å². The fourth-order valence-corrected chi connectivity index (χ4v) is 2.46. The number of hydrogen-bond donors (Lipinski definition) is 1. The molecule has 6 heteroatoms. The van der Waals surface area contributed by atoms with Gasteiger partial charge in [-0.15, -0.1) is 11.8 Å². The minimum Gasteiger partial charge on any atom is -0.500 e.